The number of aliphatic hydroxyl groups excluding tert-OH is 2. The molecule has 0 aliphatic carbocycles. The number of aryl methyl sites for hydroxylation is 1. The van der Waals surface area contributed by atoms with E-state index < -0.39 is 6.10 Å². The fourth-order valence-electron chi connectivity index (χ4n) is 2.81. The highest BCUT2D eigenvalue weighted by Crippen LogP contribution is 2.29. The molecule has 2 unspecified atom stereocenters. The van der Waals surface area contributed by atoms with E-state index in [0.717, 1.165) is 16.6 Å². The molecule has 0 saturated heterocycles. The zero-order valence-electron chi connectivity index (χ0n) is 10.9. The minimum atomic E-state index is -0.681. The Morgan fingerprint density at radius 1 is 1.45 bits per heavy atom. The van der Waals surface area contributed by atoms with Crippen LogP contribution in [0.1, 0.15) is 18.1 Å². The van der Waals surface area contributed by atoms with E-state index in [1.165, 1.54) is 0 Å². The van der Waals surface area contributed by atoms with Gasteiger partial charge in [0.2, 0.25) is 0 Å². The molecule has 6 nitrogen and oxygen atoms in total. The van der Waals surface area contributed by atoms with Gasteiger partial charge in [-0.25, -0.2) is 4.79 Å². The van der Waals surface area contributed by atoms with E-state index in [4.69, 9.17) is 5.11 Å². The zero-order chi connectivity index (χ0) is 13.4. The molecule has 0 fully saturated rings. The first-order chi connectivity index (χ1) is 9.22. The fourth-order valence-corrected chi connectivity index (χ4v) is 2.81. The summed E-state index contributed by atoms with van der Waals surface area (Å²) >= 11 is 0. The number of para-hydroxylation sites is 1. The van der Waals surface area contributed by atoms with E-state index in [1.54, 1.807) is 4.57 Å². The first kappa shape index (κ1) is 15.1. The van der Waals surface area contributed by atoms with E-state index in [9.17, 15) is 9.90 Å². The summed E-state index contributed by atoms with van der Waals surface area (Å²) in [7, 11) is 0. The van der Waals surface area contributed by atoms with E-state index in [1.807, 2.05) is 18.2 Å². The van der Waals surface area contributed by atoms with Gasteiger partial charge in [-0.1, -0.05) is 12.1 Å². The number of H-pyrrole nitrogens is 1. The average Bonchev–Trinajstić information content (AvgIpc) is 2.65. The summed E-state index contributed by atoms with van der Waals surface area (Å²) in [4.78, 5) is 14.7. The van der Waals surface area contributed by atoms with Crippen LogP contribution in [0.15, 0.2) is 23.0 Å². The van der Waals surface area contributed by atoms with Crippen molar-refractivity contribution < 1.29 is 10.2 Å². The first-order valence-corrected chi connectivity index (χ1v) is 6.46. The molecule has 110 valence electrons. The number of aromatic nitrogens is 2. The lowest BCUT2D eigenvalue weighted by molar-refractivity contribution is 0.121. The van der Waals surface area contributed by atoms with Gasteiger partial charge >= 0.3 is 5.69 Å². The lowest BCUT2D eigenvalue weighted by atomic mass is 10.00. The van der Waals surface area contributed by atoms with Crippen molar-refractivity contribution in [2.24, 2.45) is 0 Å². The molecular weight excluding hydrogens is 282 g/mol. The number of hydrogen-bond acceptors (Lipinski definition) is 4. The molecule has 1 aromatic carbocycles. The number of hydrogen-bond donors (Lipinski definition) is 4. The number of aromatic amines is 1. The molecule has 3 rings (SSSR count). The molecule has 0 spiro atoms. The van der Waals surface area contributed by atoms with E-state index in [2.05, 4.69) is 10.3 Å². The van der Waals surface area contributed by atoms with Crippen LogP contribution in [-0.4, -0.2) is 39.0 Å². The minimum absolute atomic E-state index is 0. The summed E-state index contributed by atoms with van der Waals surface area (Å²) in [6.07, 6.45) is -0.0397. The van der Waals surface area contributed by atoms with Crippen LogP contribution < -0.4 is 11.0 Å². The molecule has 4 N–H and O–H groups in total. The monoisotopic (exact) mass is 299 g/mol. The molecule has 2 atom stereocenters. The Bertz CT molecular complexity index is 652. The van der Waals surface area contributed by atoms with Crippen LogP contribution in [0.5, 0.6) is 0 Å². The largest absolute Gasteiger partial charge is 0.395 e. The molecule has 2 heterocycles. The molecular formula is C13H18ClN3O3. The van der Waals surface area contributed by atoms with Crippen molar-refractivity contribution in [3.8, 4) is 0 Å². The van der Waals surface area contributed by atoms with Crippen molar-refractivity contribution in [3.63, 3.8) is 0 Å². The maximum absolute atomic E-state index is 11.9. The molecule has 1 aliphatic heterocycles. The topological polar surface area (TPSA) is 90.3 Å². The first-order valence-electron chi connectivity index (χ1n) is 6.46. The van der Waals surface area contributed by atoms with Crippen molar-refractivity contribution in [2.45, 2.75) is 25.1 Å². The molecule has 0 amide bonds. The Hall–Kier alpha value is -1.34. The molecule has 0 bridgehead atoms. The highest BCUT2D eigenvalue weighted by Gasteiger charge is 2.27. The van der Waals surface area contributed by atoms with Gasteiger partial charge in [0.25, 0.3) is 0 Å². The van der Waals surface area contributed by atoms with Gasteiger partial charge in [0, 0.05) is 24.7 Å². The SMILES string of the molecule is Cl.O=c1[nH]c2cccc3c2n1CCC(NCCO)C3O. The maximum Gasteiger partial charge on any atom is 0.326 e. The highest BCUT2D eigenvalue weighted by molar-refractivity contribution is 5.85. The summed E-state index contributed by atoms with van der Waals surface area (Å²) in [5, 5.41) is 22.5. The zero-order valence-corrected chi connectivity index (χ0v) is 11.7. The van der Waals surface area contributed by atoms with E-state index in [-0.39, 0.29) is 30.7 Å². The summed E-state index contributed by atoms with van der Waals surface area (Å²) in [5.74, 6) is 0. The summed E-state index contributed by atoms with van der Waals surface area (Å²) < 4.78 is 1.68. The lowest BCUT2D eigenvalue weighted by Crippen LogP contribution is -2.37. The van der Waals surface area contributed by atoms with Crippen LogP contribution in [0, 0.1) is 0 Å². The Morgan fingerprint density at radius 2 is 2.25 bits per heavy atom. The second-order valence-electron chi connectivity index (χ2n) is 4.84. The third kappa shape index (κ3) is 2.35. The van der Waals surface area contributed by atoms with Crippen molar-refractivity contribution >= 4 is 23.4 Å². The highest BCUT2D eigenvalue weighted by atomic mass is 35.5. The fraction of sp³-hybridized carbons (Fsp3) is 0.462. The van der Waals surface area contributed by atoms with Crippen molar-refractivity contribution in [1.29, 1.82) is 0 Å². The van der Waals surface area contributed by atoms with Gasteiger partial charge in [-0.05, 0) is 12.5 Å². The van der Waals surface area contributed by atoms with Gasteiger partial charge < -0.3 is 20.5 Å². The molecule has 0 radical (unpaired) electrons. The number of nitrogens with zero attached hydrogens (tertiary/aromatic N) is 1. The Labute approximate surface area is 121 Å². The lowest BCUT2D eigenvalue weighted by Gasteiger charge is -2.22. The minimum Gasteiger partial charge on any atom is -0.395 e. The smallest absolute Gasteiger partial charge is 0.326 e. The standard InChI is InChI=1S/C13H17N3O3.ClH/c17-7-5-14-10-4-6-16-11-8(12(10)18)2-1-3-9(11)15-13(16)19;/h1-3,10,12,14,17-18H,4-7H2,(H,15,19);1H. The van der Waals surface area contributed by atoms with Gasteiger partial charge in [0.1, 0.15) is 0 Å². The van der Waals surface area contributed by atoms with Crippen molar-refractivity contribution in [3.05, 3.63) is 34.2 Å². The molecule has 1 aromatic heterocycles. The number of halogens is 1. The predicted octanol–water partition coefficient (Wildman–Crippen LogP) is 0.139. The van der Waals surface area contributed by atoms with Crippen molar-refractivity contribution in [1.82, 2.24) is 14.9 Å². The third-order valence-corrected chi connectivity index (χ3v) is 3.71. The third-order valence-electron chi connectivity index (χ3n) is 3.71. The van der Waals surface area contributed by atoms with Gasteiger partial charge in [0.15, 0.2) is 0 Å². The van der Waals surface area contributed by atoms with Crippen LogP contribution in [0.25, 0.3) is 11.0 Å². The van der Waals surface area contributed by atoms with E-state index in [0.29, 0.717) is 19.5 Å². The van der Waals surface area contributed by atoms with Crippen LogP contribution in [-0.2, 0) is 6.54 Å². The number of aliphatic hydroxyl groups is 2. The predicted molar refractivity (Wildman–Crippen MR) is 78.3 cm³/mol. The maximum atomic E-state index is 11.9. The summed E-state index contributed by atoms with van der Waals surface area (Å²) in [6, 6.07) is 5.35. The quantitative estimate of drug-likeness (QED) is 0.649. The Kier molecular flexibility index (Phi) is 4.49. The second kappa shape index (κ2) is 5.97. The summed E-state index contributed by atoms with van der Waals surface area (Å²) in [5.41, 5.74) is 2.15. The number of imidazole rings is 1. The molecule has 0 saturated carbocycles. The molecule has 20 heavy (non-hydrogen) atoms. The van der Waals surface area contributed by atoms with E-state index >= 15 is 0 Å². The van der Waals surface area contributed by atoms with Gasteiger partial charge in [-0.3, -0.25) is 4.57 Å². The Morgan fingerprint density at radius 3 is 3.00 bits per heavy atom. The van der Waals surface area contributed by atoms with Crippen LogP contribution >= 0.6 is 12.4 Å². The Balaban J connectivity index is 0.00000147. The van der Waals surface area contributed by atoms with Crippen molar-refractivity contribution in [2.75, 3.05) is 13.2 Å². The van der Waals surface area contributed by atoms with Gasteiger partial charge in [-0.2, -0.15) is 0 Å². The van der Waals surface area contributed by atoms with Gasteiger partial charge in [0.05, 0.1) is 23.7 Å². The molecule has 1 aliphatic rings. The number of benzene rings is 1. The number of nitrogens with one attached hydrogen (secondary N) is 2. The van der Waals surface area contributed by atoms with Gasteiger partial charge in [-0.15, -0.1) is 12.4 Å². The van der Waals surface area contributed by atoms with Crippen LogP contribution in [0.3, 0.4) is 0 Å². The normalized spacial score (nSPS) is 21.5. The average molecular weight is 300 g/mol. The summed E-state index contributed by atoms with van der Waals surface area (Å²) in [6.45, 7) is 1.01. The van der Waals surface area contributed by atoms with Crippen LogP contribution in [0.4, 0.5) is 0 Å². The van der Waals surface area contributed by atoms with Crippen LogP contribution in [0.2, 0.25) is 0 Å². The second-order valence-corrected chi connectivity index (χ2v) is 4.84. The molecule has 2 aromatic rings. The molecule has 7 heteroatoms. The number of rotatable bonds is 3.